The number of hydrogen-bond acceptors (Lipinski definition) is 7. The number of pyridine rings is 1. The Labute approximate surface area is 266 Å². The average molecular weight is 625 g/mol. The molecule has 4 fully saturated rings. The highest BCUT2D eigenvalue weighted by Crippen LogP contribution is 2.41. The van der Waals surface area contributed by atoms with Crippen LogP contribution in [0, 0.1) is 17.8 Å². The molecular weight excluding hydrogens is 584 g/mol. The third-order valence-corrected chi connectivity index (χ3v) is 10.4. The van der Waals surface area contributed by atoms with Gasteiger partial charge in [0.15, 0.2) is 5.82 Å². The van der Waals surface area contributed by atoms with E-state index in [4.69, 9.17) is 20.4 Å². The normalized spacial score (nSPS) is 22.5. The second-order valence-corrected chi connectivity index (χ2v) is 13.6. The maximum atomic E-state index is 13.9. The third kappa shape index (κ3) is 4.90. The van der Waals surface area contributed by atoms with Crippen LogP contribution in [0.25, 0.3) is 33.6 Å². The van der Waals surface area contributed by atoms with E-state index in [2.05, 4.69) is 26.6 Å². The van der Waals surface area contributed by atoms with Crippen LogP contribution in [0.4, 0.5) is 0 Å². The van der Waals surface area contributed by atoms with Crippen LogP contribution in [0.15, 0.2) is 36.5 Å². The van der Waals surface area contributed by atoms with Gasteiger partial charge in [0.05, 0.1) is 24.9 Å². The van der Waals surface area contributed by atoms with Crippen molar-refractivity contribution in [1.82, 2.24) is 34.2 Å². The van der Waals surface area contributed by atoms with Crippen molar-refractivity contribution >= 4 is 39.8 Å². The summed E-state index contributed by atoms with van der Waals surface area (Å²) in [6, 6.07) is 10.0. The lowest BCUT2D eigenvalue weighted by molar-refractivity contribution is -0.138. The summed E-state index contributed by atoms with van der Waals surface area (Å²) in [7, 11) is 1.63. The Morgan fingerprint density at radius 3 is 2.52 bits per heavy atom. The molecule has 3 amide bonds. The van der Waals surface area contributed by atoms with Crippen molar-refractivity contribution in [2.24, 2.45) is 23.5 Å². The monoisotopic (exact) mass is 624 g/mol. The number of amides is 3. The zero-order valence-electron chi connectivity index (χ0n) is 26.3. The van der Waals surface area contributed by atoms with Gasteiger partial charge in [0, 0.05) is 74.8 Å². The predicted molar refractivity (Wildman–Crippen MR) is 172 cm³/mol. The summed E-state index contributed by atoms with van der Waals surface area (Å²) in [5, 5.41) is 3.66. The lowest BCUT2D eigenvalue weighted by Crippen LogP contribution is -2.54. The molecule has 5 heterocycles. The Morgan fingerprint density at radius 2 is 1.83 bits per heavy atom. The fourth-order valence-electron chi connectivity index (χ4n) is 7.80. The van der Waals surface area contributed by atoms with E-state index in [-0.39, 0.29) is 42.3 Å². The Hall–Kier alpha value is -4.45. The molecule has 2 bridgehead atoms. The molecular formula is C34H40N8O4. The first-order valence-corrected chi connectivity index (χ1v) is 16.4. The Bertz CT molecular complexity index is 1870. The van der Waals surface area contributed by atoms with Crippen molar-refractivity contribution in [1.29, 1.82) is 0 Å². The van der Waals surface area contributed by atoms with Gasteiger partial charge in [-0.1, -0.05) is 0 Å². The molecule has 4 aromatic rings. The highest BCUT2D eigenvalue weighted by Gasteiger charge is 2.47. The number of methoxy groups -OCH3 is 1. The maximum Gasteiger partial charge on any atom is 0.254 e. The Morgan fingerprint density at radius 1 is 1.02 bits per heavy atom. The highest BCUT2D eigenvalue weighted by molar-refractivity contribution is 6.00. The summed E-state index contributed by atoms with van der Waals surface area (Å²) >= 11 is 0. The number of hydrogen-bond donors (Lipinski definition) is 2. The summed E-state index contributed by atoms with van der Waals surface area (Å²) in [5.41, 5.74) is 10.4. The molecule has 2 aliphatic carbocycles. The zero-order chi connectivity index (χ0) is 31.7. The molecule has 3 atom stereocenters. The fourth-order valence-corrected chi connectivity index (χ4v) is 7.80. The first kappa shape index (κ1) is 29.0. The van der Waals surface area contributed by atoms with Crippen molar-refractivity contribution in [3.05, 3.63) is 42.1 Å². The molecule has 4 aliphatic rings. The van der Waals surface area contributed by atoms with E-state index < -0.39 is 0 Å². The van der Waals surface area contributed by atoms with Crippen LogP contribution in [0.1, 0.15) is 43.0 Å². The van der Waals surface area contributed by atoms with Gasteiger partial charge in [0.1, 0.15) is 16.9 Å². The van der Waals surface area contributed by atoms with Gasteiger partial charge in [-0.3, -0.25) is 14.4 Å². The molecule has 0 radical (unpaired) electrons. The van der Waals surface area contributed by atoms with Crippen LogP contribution < -0.4 is 15.8 Å². The number of carbonyl (C=O) groups is 3. The predicted octanol–water partition coefficient (Wildman–Crippen LogP) is 2.63. The molecule has 3 N–H and O–H groups in total. The van der Waals surface area contributed by atoms with E-state index in [1.54, 1.807) is 12.0 Å². The second-order valence-electron chi connectivity index (χ2n) is 13.6. The van der Waals surface area contributed by atoms with Gasteiger partial charge in [0.2, 0.25) is 11.8 Å². The first-order valence-electron chi connectivity index (χ1n) is 16.4. The summed E-state index contributed by atoms with van der Waals surface area (Å²) in [6.07, 6.45) is 6.26. The van der Waals surface area contributed by atoms with Crippen LogP contribution in [-0.4, -0.2) is 92.0 Å². The largest absolute Gasteiger partial charge is 0.494 e. The number of nitrogens with one attached hydrogen (secondary N) is 1. The van der Waals surface area contributed by atoms with Gasteiger partial charge in [0.25, 0.3) is 5.91 Å². The van der Waals surface area contributed by atoms with Crippen molar-refractivity contribution in [3.63, 3.8) is 0 Å². The quantitative estimate of drug-likeness (QED) is 0.292. The minimum Gasteiger partial charge on any atom is -0.494 e. The summed E-state index contributed by atoms with van der Waals surface area (Å²) in [4.78, 5) is 51.5. The number of piperidine rings is 1. The van der Waals surface area contributed by atoms with Crippen molar-refractivity contribution in [2.75, 3.05) is 33.3 Å². The number of aromatic nitrogens is 4. The number of imidazole rings is 1. The van der Waals surface area contributed by atoms with Gasteiger partial charge in [-0.05, 0) is 67.9 Å². The second kappa shape index (κ2) is 11.1. The van der Waals surface area contributed by atoms with E-state index in [1.807, 2.05) is 29.3 Å². The summed E-state index contributed by atoms with van der Waals surface area (Å²) < 4.78 is 10.5. The minimum absolute atomic E-state index is 0.00370. The maximum absolute atomic E-state index is 13.9. The first-order chi connectivity index (χ1) is 22.3. The van der Waals surface area contributed by atoms with Gasteiger partial charge >= 0.3 is 0 Å². The SMILES string of the molecule is COc1cc(C(=O)N2CC3CCC2C3N)cc2nc(-c3cc4cccnc4n3CC3CC3)n(CC3CN(C(=O)CNC(C)=O)C3)c12. The van der Waals surface area contributed by atoms with Gasteiger partial charge in [-0.2, -0.15) is 0 Å². The standard InChI is InChI=1S/C34H40N8O4/c1-19(43)37-13-29(44)39-14-21(15-39)17-42-31-25(10-24(12-28(31)46-2)34(45)41-18-23-7-8-26(41)30(23)35)38-33(42)27-11-22-4-3-9-36-32(22)40(27)16-20-5-6-20/h3-4,9-12,20-21,23,26,30H,5-8,13-18,35H2,1-2H3,(H,37,43). The molecule has 0 spiro atoms. The Balaban J connectivity index is 1.20. The number of nitrogens with two attached hydrogens (primary N) is 1. The van der Waals surface area contributed by atoms with Gasteiger partial charge in [-0.15, -0.1) is 0 Å². The number of ether oxygens (including phenoxy) is 1. The number of benzene rings is 1. The van der Waals surface area contributed by atoms with Gasteiger partial charge < -0.3 is 34.7 Å². The Kier molecular flexibility index (Phi) is 7.00. The molecule has 12 nitrogen and oxygen atoms in total. The fraction of sp³-hybridized carbons (Fsp3) is 0.500. The van der Waals surface area contributed by atoms with E-state index in [0.717, 1.165) is 47.5 Å². The molecule has 1 aromatic carbocycles. The number of rotatable bonds is 9. The number of carbonyl (C=O) groups excluding carboxylic acids is 3. The molecule has 2 aliphatic heterocycles. The van der Waals surface area contributed by atoms with Crippen molar-refractivity contribution in [3.8, 4) is 17.3 Å². The highest BCUT2D eigenvalue weighted by atomic mass is 16.5. The topological polar surface area (TPSA) is 141 Å². The minimum atomic E-state index is -0.221. The summed E-state index contributed by atoms with van der Waals surface area (Å²) in [5.74, 6) is 2.21. The molecule has 240 valence electrons. The smallest absolute Gasteiger partial charge is 0.254 e. The number of fused-ring (bicyclic) bond motifs is 4. The van der Waals surface area contributed by atoms with Crippen LogP contribution in [-0.2, 0) is 22.7 Å². The molecule has 3 unspecified atom stereocenters. The molecule has 2 saturated carbocycles. The van der Waals surface area contributed by atoms with E-state index in [1.165, 1.54) is 19.8 Å². The van der Waals surface area contributed by atoms with Crippen LogP contribution in [0.5, 0.6) is 5.75 Å². The molecule has 46 heavy (non-hydrogen) atoms. The van der Waals surface area contributed by atoms with Gasteiger partial charge in [-0.25, -0.2) is 9.97 Å². The van der Waals surface area contributed by atoms with Crippen LogP contribution in [0.3, 0.4) is 0 Å². The lowest BCUT2D eigenvalue weighted by atomic mass is 9.99. The molecule has 3 aromatic heterocycles. The van der Waals surface area contributed by atoms with E-state index in [9.17, 15) is 14.4 Å². The summed E-state index contributed by atoms with van der Waals surface area (Å²) in [6.45, 7) is 4.75. The van der Waals surface area contributed by atoms with Crippen molar-refractivity contribution < 1.29 is 19.1 Å². The number of likely N-dealkylation sites (tertiary alicyclic amines) is 2. The lowest BCUT2D eigenvalue weighted by Gasteiger charge is -2.39. The van der Waals surface area contributed by atoms with E-state index >= 15 is 0 Å². The van der Waals surface area contributed by atoms with E-state index in [0.29, 0.717) is 54.8 Å². The third-order valence-electron chi connectivity index (χ3n) is 10.4. The van der Waals surface area contributed by atoms with Crippen LogP contribution >= 0.6 is 0 Å². The average Bonchev–Trinajstić information content (AvgIpc) is 3.39. The van der Waals surface area contributed by atoms with Crippen LogP contribution in [0.2, 0.25) is 0 Å². The zero-order valence-corrected chi connectivity index (χ0v) is 26.3. The number of nitrogens with zero attached hydrogens (tertiary/aromatic N) is 6. The molecule has 12 heteroatoms. The molecule has 8 rings (SSSR count). The van der Waals surface area contributed by atoms with Crippen molar-refractivity contribution in [2.45, 2.75) is 57.8 Å². The molecule has 2 saturated heterocycles.